The number of halogens is 1. The minimum absolute atomic E-state index is 0.0188. The van der Waals surface area contributed by atoms with Crippen molar-refractivity contribution in [3.63, 3.8) is 0 Å². The van der Waals surface area contributed by atoms with Crippen molar-refractivity contribution in [1.29, 1.82) is 5.41 Å². The van der Waals surface area contributed by atoms with Crippen LogP contribution < -0.4 is 0 Å². The average Bonchev–Trinajstić information content (AvgIpc) is 2.37. The number of carbonyl (C=O) groups excluding carboxylic acids is 1. The molecule has 0 radical (unpaired) electrons. The predicted octanol–water partition coefficient (Wildman–Crippen LogP) is 2.60. The van der Waals surface area contributed by atoms with Crippen LogP contribution in [0.15, 0.2) is 12.2 Å². The first-order valence-corrected chi connectivity index (χ1v) is 6.21. The van der Waals surface area contributed by atoms with Crippen molar-refractivity contribution in [3.05, 3.63) is 12.2 Å². The lowest BCUT2D eigenvalue weighted by atomic mass is 10.1. The Labute approximate surface area is 113 Å². The molecule has 0 bridgehead atoms. The van der Waals surface area contributed by atoms with Gasteiger partial charge in [0.2, 0.25) is 0 Å². The maximum Gasteiger partial charge on any atom is 0.188 e. The van der Waals surface area contributed by atoms with Crippen molar-refractivity contribution in [2.24, 2.45) is 0 Å². The van der Waals surface area contributed by atoms with E-state index >= 15 is 0 Å². The molecule has 5 nitrogen and oxygen atoms in total. The fourth-order valence-corrected chi connectivity index (χ4v) is 1.18. The highest BCUT2D eigenvalue weighted by atomic mass is 19.1. The minimum Gasteiger partial charge on any atom is -0.350 e. The van der Waals surface area contributed by atoms with Gasteiger partial charge >= 0.3 is 0 Å². The number of rotatable bonds is 13. The third-order valence-electron chi connectivity index (χ3n) is 2.18. The first-order valence-electron chi connectivity index (χ1n) is 6.21. The molecule has 0 saturated heterocycles. The van der Waals surface area contributed by atoms with Crippen LogP contribution in [0.2, 0.25) is 0 Å². The second-order valence-electron chi connectivity index (χ2n) is 4.17. The third-order valence-corrected chi connectivity index (χ3v) is 2.18. The zero-order valence-electron chi connectivity index (χ0n) is 11.4. The third kappa shape index (κ3) is 11.7. The second kappa shape index (κ2) is 12.0. The molecule has 0 saturated carbocycles. The van der Waals surface area contributed by atoms with E-state index in [1.807, 2.05) is 6.92 Å². The van der Waals surface area contributed by atoms with E-state index in [9.17, 15) is 9.18 Å². The number of nitrogens with one attached hydrogen (secondary N) is 1. The standard InChI is InChI=1S/C13H22FNO4/c1-11(2)9-19-18-8-6-12(15)13(16)5-3-4-7-17-10-14/h15H,1,3-10H2,2H3. The molecule has 0 spiro atoms. The Morgan fingerprint density at radius 2 is 1.95 bits per heavy atom. The molecule has 110 valence electrons. The van der Waals surface area contributed by atoms with E-state index in [4.69, 9.17) is 15.2 Å². The summed E-state index contributed by atoms with van der Waals surface area (Å²) in [6.07, 6.45) is 1.70. The first kappa shape index (κ1) is 17.9. The number of unbranched alkanes of at least 4 members (excludes halogenated alkanes) is 1. The van der Waals surface area contributed by atoms with Crippen LogP contribution in [-0.4, -0.2) is 38.2 Å². The quantitative estimate of drug-likeness (QED) is 0.184. The summed E-state index contributed by atoms with van der Waals surface area (Å²) in [5, 5.41) is 7.54. The van der Waals surface area contributed by atoms with Gasteiger partial charge in [0.05, 0.1) is 12.3 Å². The number of hydrogen-bond donors (Lipinski definition) is 1. The van der Waals surface area contributed by atoms with Crippen LogP contribution in [0.25, 0.3) is 0 Å². The summed E-state index contributed by atoms with van der Waals surface area (Å²) in [5.41, 5.74) is 0.854. The fraction of sp³-hybridized carbons (Fsp3) is 0.692. The lowest BCUT2D eigenvalue weighted by molar-refractivity contribution is -0.286. The highest BCUT2D eigenvalue weighted by Crippen LogP contribution is 2.01. The second-order valence-corrected chi connectivity index (χ2v) is 4.17. The SMILES string of the molecule is C=C(C)COOCCC(=N)C(=O)CCCCOCF. The lowest BCUT2D eigenvalue weighted by Gasteiger charge is -2.05. The topological polar surface area (TPSA) is 68.6 Å². The number of alkyl halides is 1. The Morgan fingerprint density at radius 3 is 2.58 bits per heavy atom. The van der Waals surface area contributed by atoms with Crippen LogP contribution in [0.5, 0.6) is 0 Å². The van der Waals surface area contributed by atoms with E-state index in [2.05, 4.69) is 11.3 Å². The Bertz CT molecular complexity index is 294. The van der Waals surface area contributed by atoms with E-state index in [0.717, 1.165) is 5.57 Å². The molecular formula is C13H22FNO4. The zero-order valence-corrected chi connectivity index (χ0v) is 11.4. The molecule has 0 heterocycles. The summed E-state index contributed by atoms with van der Waals surface area (Å²) < 4.78 is 16.1. The summed E-state index contributed by atoms with van der Waals surface area (Å²) in [7, 11) is 0. The van der Waals surface area contributed by atoms with E-state index in [0.29, 0.717) is 26.1 Å². The van der Waals surface area contributed by atoms with E-state index < -0.39 is 6.86 Å². The molecule has 1 N–H and O–H groups in total. The van der Waals surface area contributed by atoms with E-state index in [-0.39, 0.29) is 30.9 Å². The summed E-state index contributed by atoms with van der Waals surface area (Å²) in [6.45, 7) is 5.41. The van der Waals surface area contributed by atoms with Gasteiger partial charge in [-0.2, -0.15) is 0 Å². The molecule has 0 rings (SSSR count). The first-order chi connectivity index (χ1) is 9.07. The van der Waals surface area contributed by atoms with Gasteiger partial charge in [-0.25, -0.2) is 14.2 Å². The molecule has 19 heavy (non-hydrogen) atoms. The van der Waals surface area contributed by atoms with Gasteiger partial charge in [-0.15, -0.1) is 0 Å². The van der Waals surface area contributed by atoms with Gasteiger partial charge in [-0.05, 0) is 19.8 Å². The molecule has 0 aliphatic carbocycles. The van der Waals surface area contributed by atoms with Gasteiger partial charge in [-0.3, -0.25) is 4.79 Å². The fourth-order valence-electron chi connectivity index (χ4n) is 1.18. The largest absolute Gasteiger partial charge is 0.350 e. The Kier molecular flexibility index (Phi) is 11.3. The number of carbonyl (C=O) groups is 1. The molecule has 0 amide bonds. The summed E-state index contributed by atoms with van der Waals surface area (Å²) >= 11 is 0. The lowest BCUT2D eigenvalue weighted by Crippen LogP contribution is -2.15. The van der Waals surface area contributed by atoms with Gasteiger partial charge in [-0.1, -0.05) is 12.2 Å². The Balaban J connectivity index is 3.49. The number of hydrogen-bond acceptors (Lipinski definition) is 5. The molecule has 0 aromatic carbocycles. The number of ether oxygens (including phenoxy) is 1. The van der Waals surface area contributed by atoms with Crippen LogP contribution >= 0.6 is 0 Å². The molecule has 6 heteroatoms. The highest BCUT2D eigenvalue weighted by Gasteiger charge is 2.09. The van der Waals surface area contributed by atoms with Crippen LogP contribution in [0.1, 0.15) is 32.6 Å². The van der Waals surface area contributed by atoms with Crippen molar-refractivity contribution in [2.45, 2.75) is 32.6 Å². The summed E-state index contributed by atoms with van der Waals surface area (Å²) in [4.78, 5) is 21.1. The molecule has 0 aliphatic rings. The molecule has 0 aromatic rings. The highest BCUT2D eigenvalue weighted by molar-refractivity contribution is 6.38. The van der Waals surface area contributed by atoms with Crippen LogP contribution in [0.3, 0.4) is 0 Å². The van der Waals surface area contributed by atoms with Crippen molar-refractivity contribution in [1.82, 2.24) is 0 Å². The molecule has 0 unspecified atom stereocenters. The van der Waals surface area contributed by atoms with Crippen molar-refractivity contribution >= 4 is 11.5 Å². The van der Waals surface area contributed by atoms with Gasteiger partial charge in [0, 0.05) is 19.4 Å². The minimum atomic E-state index is -0.800. The smallest absolute Gasteiger partial charge is 0.188 e. The monoisotopic (exact) mass is 275 g/mol. The molecule has 0 atom stereocenters. The van der Waals surface area contributed by atoms with Crippen molar-refractivity contribution in [2.75, 3.05) is 26.7 Å². The summed E-state index contributed by atoms with van der Waals surface area (Å²) in [5.74, 6) is -0.219. The Hall–Kier alpha value is -1.11. The maximum absolute atomic E-state index is 11.6. The van der Waals surface area contributed by atoms with Gasteiger partial charge < -0.3 is 10.1 Å². The molecular weight excluding hydrogens is 253 g/mol. The van der Waals surface area contributed by atoms with Gasteiger partial charge in [0.1, 0.15) is 6.61 Å². The normalized spacial score (nSPS) is 10.4. The molecule has 0 aliphatic heterocycles. The predicted molar refractivity (Wildman–Crippen MR) is 69.8 cm³/mol. The molecule has 0 aromatic heterocycles. The van der Waals surface area contributed by atoms with Crippen LogP contribution in [-0.2, 0) is 19.3 Å². The van der Waals surface area contributed by atoms with Crippen LogP contribution in [0.4, 0.5) is 4.39 Å². The van der Waals surface area contributed by atoms with E-state index in [1.165, 1.54) is 0 Å². The van der Waals surface area contributed by atoms with Gasteiger partial charge in [0.15, 0.2) is 12.6 Å². The Morgan fingerprint density at radius 1 is 1.21 bits per heavy atom. The zero-order chi connectivity index (χ0) is 14.5. The van der Waals surface area contributed by atoms with Crippen molar-refractivity contribution in [3.8, 4) is 0 Å². The van der Waals surface area contributed by atoms with Crippen molar-refractivity contribution < 1.29 is 23.7 Å². The van der Waals surface area contributed by atoms with E-state index in [1.54, 1.807) is 0 Å². The molecule has 0 fully saturated rings. The van der Waals surface area contributed by atoms with Gasteiger partial charge in [0.25, 0.3) is 0 Å². The average molecular weight is 275 g/mol. The maximum atomic E-state index is 11.6. The number of Topliss-reactive ketones (excluding diaryl/α,β-unsaturated/α-hetero) is 1. The van der Waals surface area contributed by atoms with Crippen LogP contribution in [0, 0.1) is 5.41 Å². The number of ketones is 1. The summed E-state index contributed by atoms with van der Waals surface area (Å²) in [6, 6.07) is 0.